The fraction of sp³-hybridized carbons (Fsp3) is 0.273. The van der Waals surface area contributed by atoms with E-state index >= 15 is 0 Å². The lowest BCUT2D eigenvalue weighted by molar-refractivity contribution is -0.384. The number of nitro benzene ring substituents is 1. The Morgan fingerprint density at radius 1 is 1.56 bits per heavy atom. The number of benzene rings is 1. The molecule has 1 aromatic rings. The zero-order valence-corrected chi connectivity index (χ0v) is 9.86. The minimum absolute atomic E-state index is 0.0427. The number of nitrogens with one attached hydrogen (secondary N) is 1. The molecule has 0 aliphatic carbocycles. The number of non-ortho nitro benzene ring substituents is 1. The van der Waals surface area contributed by atoms with Crippen LogP contribution in [0.25, 0.3) is 6.08 Å². The first-order valence-corrected chi connectivity index (χ1v) is 5.22. The summed E-state index contributed by atoms with van der Waals surface area (Å²) >= 11 is 5.93. The first-order chi connectivity index (χ1) is 7.54. The molecule has 16 heavy (non-hydrogen) atoms. The van der Waals surface area contributed by atoms with E-state index in [1.807, 2.05) is 20.0 Å². The highest BCUT2D eigenvalue weighted by molar-refractivity contribution is 6.32. The van der Waals surface area contributed by atoms with Crippen LogP contribution in [0, 0.1) is 10.1 Å². The topological polar surface area (TPSA) is 55.2 Å². The molecule has 5 heteroatoms. The van der Waals surface area contributed by atoms with E-state index in [0.29, 0.717) is 10.6 Å². The van der Waals surface area contributed by atoms with E-state index in [2.05, 4.69) is 5.32 Å². The third kappa shape index (κ3) is 3.32. The fourth-order valence-electron chi connectivity index (χ4n) is 1.12. The summed E-state index contributed by atoms with van der Waals surface area (Å²) in [5, 5.41) is 14.1. The summed E-state index contributed by atoms with van der Waals surface area (Å²) in [5.41, 5.74) is 0.694. The van der Waals surface area contributed by atoms with Crippen LogP contribution in [0.3, 0.4) is 0 Å². The third-order valence-corrected chi connectivity index (χ3v) is 2.55. The highest BCUT2D eigenvalue weighted by atomic mass is 35.5. The summed E-state index contributed by atoms with van der Waals surface area (Å²) in [6, 6.07) is 4.57. The lowest BCUT2D eigenvalue weighted by atomic mass is 10.1. The van der Waals surface area contributed by atoms with Gasteiger partial charge in [-0.2, -0.15) is 0 Å². The van der Waals surface area contributed by atoms with Crippen molar-refractivity contribution in [1.29, 1.82) is 0 Å². The lowest BCUT2D eigenvalue weighted by Crippen LogP contribution is -2.17. The van der Waals surface area contributed by atoms with Crippen molar-refractivity contribution in [2.24, 2.45) is 0 Å². The second-order valence-corrected chi connectivity index (χ2v) is 3.81. The average Bonchev–Trinajstić information content (AvgIpc) is 2.27. The fourth-order valence-corrected chi connectivity index (χ4v) is 1.30. The zero-order chi connectivity index (χ0) is 12.1. The number of hydrogen-bond acceptors (Lipinski definition) is 3. The number of hydrogen-bond donors (Lipinski definition) is 1. The van der Waals surface area contributed by atoms with E-state index < -0.39 is 4.92 Å². The summed E-state index contributed by atoms with van der Waals surface area (Å²) in [4.78, 5) is 10.1. The van der Waals surface area contributed by atoms with E-state index in [1.54, 1.807) is 6.08 Å². The van der Waals surface area contributed by atoms with Crippen molar-refractivity contribution in [1.82, 2.24) is 5.32 Å². The highest BCUT2D eigenvalue weighted by Gasteiger charge is 2.07. The van der Waals surface area contributed by atoms with Gasteiger partial charge < -0.3 is 5.32 Å². The van der Waals surface area contributed by atoms with Crippen LogP contribution < -0.4 is 5.32 Å². The van der Waals surface area contributed by atoms with Crippen LogP contribution in [0.15, 0.2) is 24.3 Å². The molecule has 0 aliphatic heterocycles. The molecule has 0 saturated heterocycles. The number of nitrogens with zero attached hydrogens (tertiary/aromatic N) is 1. The summed E-state index contributed by atoms with van der Waals surface area (Å²) in [6.45, 7) is 1.97. The van der Waals surface area contributed by atoms with Crippen LogP contribution in [0.1, 0.15) is 12.5 Å². The Kier molecular flexibility index (Phi) is 4.46. The Bertz CT molecular complexity index is 418. The Hall–Kier alpha value is -1.39. The van der Waals surface area contributed by atoms with Gasteiger partial charge in [0.25, 0.3) is 5.69 Å². The van der Waals surface area contributed by atoms with E-state index in [4.69, 9.17) is 11.6 Å². The normalized spacial score (nSPS) is 12.9. The molecule has 1 rings (SSSR count). The first-order valence-electron chi connectivity index (χ1n) is 4.84. The molecular formula is C11H13ClN2O2. The SMILES string of the molecule is CNC(C)/C=C/c1cc([N+](=O)[O-])ccc1Cl. The zero-order valence-electron chi connectivity index (χ0n) is 9.11. The predicted molar refractivity (Wildman–Crippen MR) is 65.7 cm³/mol. The molecule has 0 heterocycles. The summed E-state index contributed by atoms with van der Waals surface area (Å²) in [5.74, 6) is 0. The standard InChI is InChI=1S/C11H13ClN2O2/c1-8(13-2)3-4-9-7-10(14(15)16)5-6-11(9)12/h3-8,13H,1-2H3/b4-3+. The minimum atomic E-state index is -0.435. The van der Waals surface area contributed by atoms with Crippen molar-refractivity contribution in [3.05, 3.63) is 45.0 Å². The lowest BCUT2D eigenvalue weighted by Gasteiger charge is -2.03. The van der Waals surface area contributed by atoms with Gasteiger partial charge in [-0.3, -0.25) is 10.1 Å². The van der Waals surface area contributed by atoms with E-state index in [9.17, 15) is 10.1 Å². The molecule has 1 aromatic carbocycles. The Balaban J connectivity index is 2.98. The first kappa shape index (κ1) is 12.7. The molecule has 0 fully saturated rings. The molecular weight excluding hydrogens is 228 g/mol. The molecule has 0 amide bonds. The van der Waals surface area contributed by atoms with Gasteiger partial charge in [0.2, 0.25) is 0 Å². The summed E-state index contributed by atoms with van der Waals surface area (Å²) in [7, 11) is 1.84. The molecule has 0 saturated carbocycles. The second kappa shape index (κ2) is 5.63. The van der Waals surface area contributed by atoms with Gasteiger partial charge in [-0.25, -0.2) is 0 Å². The van der Waals surface area contributed by atoms with Gasteiger partial charge in [0.15, 0.2) is 0 Å². The molecule has 0 bridgehead atoms. The van der Waals surface area contributed by atoms with Crippen molar-refractivity contribution in [2.75, 3.05) is 7.05 Å². The van der Waals surface area contributed by atoms with Gasteiger partial charge in [-0.15, -0.1) is 0 Å². The van der Waals surface area contributed by atoms with Gasteiger partial charge in [-0.05, 0) is 25.6 Å². The summed E-state index contributed by atoms with van der Waals surface area (Å²) in [6.07, 6.45) is 3.67. The van der Waals surface area contributed by atoms with Gasteiger partial charge >= 0.3 is 0 Å². The highest BCUT2D eigenvalue weighted by Crippen LogP contribution is 2.23. The molecule has 4 nitrogen and oxygen atoms in total. The van der Waals surface area contributed by atoms with Gasteiger partial charge in [0, 0.05) is 23.2 Å². The van der Waals surface area contributed by atoms with Gasteiger partial charge in [-0.1, -0.05) is 23.8 Å². The van der Waals surface area contributed by atoms with Crippen molar-refractivity contribution in [3.8, 4) is 0 Å². The molecule has 0 radical (unpaired) electrons. The minimum Gasteiger partial charge on any atom is -0.314 e. The maximum absolute atomic E-state index is 10.6. The molecule has 0 aromatic heterocycles. The number of likely N-dealkylation sites (N-methyl/N-ethyl adjacent to an activating group) is 1. The molecule has 1 unspecified atom stereocenters. The van der Waals surface area contributed by atoms with Crippen molar-refractivity contribution in [3.63, 3.8) is 0 Å². The van der Waals surface area contributed by atoms with E-state index in [1.165, 1.54) is 18.2 Å². The number of halogens is 1. The quantitative estimate of drug-likeness (QED) is 0.650. The Labute approximate surface area is 99.1 Å². The monoisotopic (exact) mass is 240 g/mol. The number of nitro groups is 1. The van der Waals surface area contributed by atoms with Crippen molar-refractivity contribution < 1.29 is 4.92 Å². The van der Waals surface area contributed by atoms with Crippen molar-refractivity contribution >= 4 is 23.4 Å². The van der Waals surface area contributed by atoms with Crippen LogP contribution in [0.2, 0.25) is 5.02 Å². The average molecular weight is 241 g/mol. The second-order valence-electron chi connectivity index (χ2n) is 3.40. The van der Waals surface area contributed by atoms with Crippen LogP contribution in [-0.4, -0.2) is 18.0 Å². The molecule has 1 N–H and O–H groups in total. The largest absolute Gasteiger partial charge is 0.314 e. The Morgan fingerprint density at radius 2 is 2.25 bits per heavy atom. The smallest absolute Gasteiger partial charge is 0.270 e. The van der Waals surface area contributed by atoms with Crippen LogP contribution in [0.4, 0.5) is 5.69 Å². The van der Waals surface area contributed by atoms with Gasteiger partial charge in [0.05, 0.1) is 4.92 Å². The van der Waals surface area contributed by atoms with Crippen molar-refractivity contribution in [2.45, 2.75) is 13.0 Å². The Morgan fingerprint density at radius 3 is 2.81 bits per heavy atom. The van der Waals surface area contributed by atoms with Crippen LogP contribution in [-0.2, 0) is 0 Å². The maximum atomic E-state index is 10.6. The molecule has 0 spiro atoms. The maximum Gasteiger partial charge on any atom is 0.270 e. The third-order valence-electron chi connectivity index (χ3n) is 2.21. The van der Waals surface area contributed by atoms with Gasteiger partial charge in [0.1, 0.15) is 0 Å². The van der Waals surface area contributed by atoms with E-state index in [0.717, 1.165) is 0 Å². The predicted octanol–water partition coefficient (Wildman–Crippen LogP) is 2.87. The molecule has 86 valence electrons. The van der Waals surface area contributed by atoms with Crippen LogP contribution in [0.5, 0.6) is 0 Å². The molecule has 0 aliphatic rings. The van der Waals surface area contributed by atoms with Crippen LogP contribution >= 0.6 is 11.6 Å². The summed E-state index contributed by atoms with van der Waals surface area (Å²) < 4.78 is 0. The molecule has 1 atom stereocenters. The van der Waals surface area contributed by atoms with E-state index in [-0.39, 0.29) is 11.7 Å². The number of rotatable bonds is 4.